The van der Waals surface area contributed by atoms with Crippen LogP contribution in [0.25, 0.3) is 0 Å². The predicted molar refractivity (Wildman–Crippen MR) is 62.4 cm³/mol. The normalized spacial score (nSPS) is 9.36. The highest BCUT2D eigenvalue weighted by molar-refractivity contribution is 7.95. The van der Waals surface area contributed by atoms with Gasteiger partial charge in [-0.25, -0.2) is 0 Å². The molecule has 1 aromatic rings. The summed E-state index contributed by atoms with van der Waals surface area (Å²) in [6, 6.07) is 8.04. The predicted octanol–water partition coefficient (Wildman–Crippen LogP) is 3.68. The number of nitrogens with one attached hydrogen (secondary N) is 1. The number of hydrogen-bond acceptors (Lipinski definition) is 3. The first-order chi connectivity index (χ1) is 6.74. The molecule has 0 bridgehead atoms. The number of hydrogen-bond donors (Lipinski definition) is 1. The van der Waals surface area contributed by atoms with E-state index in [0.29, 0.717) is 0 Å². The molecular formula is C11H15NOS. The van der Waals surface area contributed by atoms with Gasteiger partial charge in [-0.2, -0.15) is 0 Å². The molecule has 3 heteroatoms. The van der Waals surface area contributed by atoms with Gasteiger partial charge in [-0.15, -0.1) is 0 Å². The summed E-state index contributed by atoms with van der Waals surface area (Å²) >= 11 is 1.36. The Morgan fingerprint density at radius 3 is 2.71 bits per heavy atom. The Bertz CT molecular complexity index is 319. The van der Waals surface area contributed by atoms with E-state index in [0.717, 1.165) is 16.2 Å². The number of para-hydroxylation sites is 1. The lowest BCUT2D eigenvalue weighted by molar-refractivity contribution is 0.558. The molecule has 0 aliphatic heterocycles. The Labute approximate surface area is 89.6 Å². The summed E-state index contributed by atoms with van der Waals surface area (Å²) in [6.07, 6.45) is 1.75. The van der Waals surface area contributed by atoms with Gasteiger partial charge in [-0.05, 0) is 31.6 Å². The summed E-state index contributed by atoms with van der Waals surface area (Å²) in [5.74, 6) is 0. The van der Waals surface area contributed by atoms with Gasteiger partial charge >= 0.3 is 0 Å². The van der Waals surface area contributed by atoms with Crippen LogP contribution in [0.3, 0.4) is 0 Å². The first-order valence-corrected chi connectivity index (χ1v) is 5.21. The summed E-state index contributed by atoms with van der Waals surface area (Å²) < 4.78 is 5.34. The minimum absolute atomic E-state index is 1.08. The minimum atomic E-state index is 1.08. The van der Waals surface area contributed by atoms with Crippen molar-refractivity contribution in [2.75, 3.05) is 12.4 Å². The second-order valence-electron chi connectivity index (χ2n) is 3.12. The summed E-state index contributed by atoms with van der Waals surface area (Å²) in [4.78, 5) is 1.09. The molecule has 0 aromatic heterocycles. The summed E-state index contributed by atoms with van der Waals surface area (Å²) in [7, 11) is 1.90. The van der Waals surface area contributed by atoms with Crippen LogP contribution in [0.5, 0.6) is 0 Å². The number of allylic oxidation sites excluding steroid dienone is 1. The van der Waals surface area contributed by atoms with Crippen molar-refractivity contribution in [3.05, 3.63) is 36.1 Å². The monoisotopic (exact) mass is 209 g/mol. The first kappa shape index (κ1) is 11.0. The highest BCUT2D eigenvalue weighted by atomic mass is 32.2. The van der Waals surface area contributed by atoms with Crippen molar-refractivity contribution >= 4 is 17.7 Å². The van der Waals surface area contributed by atoms with Gasteiger partial charge in [0.1, 0.15) is 6.26 Å². The van der Waals surface area contributed by atoms with Gasteiger partial charge in [0.2, 0.25) is 0 Å². The summed E-state index contributed by atoms with van der Waals surface area (Å²) in [5.41, 5.74) is 2.24. The maximum atomic E-state index is 5.34. The van der Waals surface area contributed by atoms with Gasteiger partial charge < -0.3 is 9.50 Å². The van der Waals surface area contributed by atoms with Crippen LogP contribution in [0, 0.1) is 0 Å². The van der Waals surface area contributed by atoms with Crippen molar-refractivity contribution in [1.82, 2.24) is 0 Å². The number of rotatable bonds is 4. The molecule has 0 heterocycles. The largest absolute Gasteiger partial charge is 0.428 e. The molecule has 2 nitrogen and oxygen atoms in total. The van der Waals surface area contributed by atoms with Gasteiger partial charge in [0.05, 0.1) is 22.6 Å². The highest BCUT2D eigenvalue weighted by Crippen LogP contribution is 2.27. The van der Waals surface area contributed by atoms with Crippen molar-refractivity contribution in [1.29, 1.82) is 0 Å². The highest BCUT2D eigenvalue weighted by Gasteiger charge is 1.99. The Balaban J connectivity index is 2.62. The minimum Gasteiger partial charge on any atom is -0.428 e. The molecule has 0 radical (unpaired) electrons. The maximum Gasteiger partial charge on any atom is 0.100 e. The topological polar surface area (TPSA) is 21.3 Å². The van der Waals surface area contributed by atoms with E-state index in [4.69, 9.17) is 4.18 Å². The Hall–Kier alpha value is -1.09. The molecule has 0 aliphatic carbocycles. The zero-order valence-corrected chi connectivity index (χ0v) is 9.52. The fourth-order valence-electron chi connectivity index (χ4n) is 0.918. The molecule has 0 amide bonds. The lowest BCUT2D eigenvalue weighted by Gasteiger charge is -2.06. The molecule has 0 saturated carbocycles. The van der Waals surface area contributed by atoms with Crippen LogP contribution in [-0.2, 0) is 4.18 Å². The van der Waals surface area contributed by atoms with E-state index in [1.807, 2.05) is 45.2 Å². The third-order valence-electron chi connectivity index (χ3n) is 1.58. The molecule has 0 atom stereocenters. The molecule has 1 rings (SSSR count). The van der Waals surface area contributed by atoms with Crippen molar-refractivity contribution < 1.29 is 4.18 Å². The van der Waals surface area contributed by atoms with Crippen LogP contribution >= 0.6 is 12.0 Å². The van der Waals surface area contributed by atoms with Gasteiger partial charge in [-0.1, -0.05) is 12.1 Å². The lowest BCUT2D eigenvalue weighted by atomic mass is 10.3. The molecule has 0 unspecified atom stereocenters. The average Bonchev–Trinajstić information content (AvgIpc) is 2.18. The molecule has 1 N–H and O–H groups in total. The smallest absolute Gasteiger partial charge is 0.100 e. The number of benzene rings is 1. The second-order valence-corrected chi connectivity index (χ2v) is 3.92. The SMILES string of the molecule is CNc1ccccc1SOC=C(C)C. The third kappa shape index (κ3) is 3.34. The third-order valence-corrected chi connectivity index (χ3v) is 2.31. The van der Waals surface area contributed by atoms with E-state index in [2.05, 4.69) is 5.32 Å². The van der Waals surface area contributed by atoms with Gasteiger partial charge in [0, 0.05) is 7.05 Å². The van der Waals surface area contributed by atoms with Crippen LogP contribution in [0.2, 0.25) is 0 Å². The van der Waals surface area contributed by atoms with Crippen LogP contribution in [0.1, 0.15) is 13.8 Å². The molecule has 0 saturated heterocycles. The maximum absolute atomic E-state index is 5.34. The van der Waals surface area contributed by atoms with E-state index in [-0.39, 0.29) is 0 Å². The quantitative estimate of drug-likeness (QED) is 0.604. The Kier molecular flexibility index (Phi) is 4.40. The van der Waals surface area contributed by atoms with Gasteiger partial charge in [0.25, 0.3) is 0 Å². The lowest BCUT2D eigenvalue weighted by Crippen LogP contribution is -1.89. The molecule has 0 fully saturated rings. The van der Waals surface area contributed by atoms with Crippen LogP contribution in [0.4, 0.5) is 5.69 Å². The zero-order chi connectivity index (χ0) is 10.4. The summed E-state index contributed by atoms with van der Waals surface area (Å²) in [5, 5.41) is 3.11. The molecule has 0 aliphatic rings. The van der Waals surface area contributed by atoms with Crippen LogP contribution in [0.15, 0.2) is 41.0 Å². The summed E-state index contributed by atoms with van der Waals surface area (Å²) in [6.45, 7) is 4.01. The van der Waals surface area contributed by atoms with Crippen LogP contribution in [-0.4, -0.2) is 7.05 Å². The van der Waals surface area contributed by atoms with Crippen molar-refractivity contribution in [3.63, 3.8) is 0 Å². The van der Waals surface area contributed by atoms with Crippen LogP contribution < -0.4 is 5.32 Å². The van der Waals surface area contributed by atoms with E-state index in [1.165, 1.54) is 12.0 Å². The van der Waals surface area contributed by atoms with E-state index >= 15 is 0 Å². The molecule has 14 heavy (non-hydrogen) atoms. The van der Waals surface area contributed by atoms with E-state index in [9.17, 15) is 0 Å². The van der Waals surface area contributed by atoms with Crippen molar-refractivity contribution in [3.8, 4) is 0 Å². The molecule has 1 aromatic carbocycles. The average molecular weight is 209 g/mol. The van der Waals surface area contributed by atoms with Gasteiger partial charge in [-0.3, -0.25) is 0 Å². The van der Waals surface area contributed by atoms with E-state index in [1.54, 1.807) is 6.26 Å². The molecule has 0 spiro atoms. The van der Waals surface area contributed by atoms with Crippen molar-refractivity contribution in [2.24, 2.45) is 0 Å². The van der Waals surface area contributed by atoms with Gasteiger partial charge in [0.15, 0.2) is 0 Å². The Morgan fingerprint density at radius 1 is 1.36 bits per heavy atom. The zero-order valence-electron chi connectivity index (χ0n) is 8.70. The number of anilines is 1. The second kappa shape index (κ2) is 5.60. The standard InChI is InChI=1S/C11H15NOS/c1-9(2)8-13-14-11-7-5-4-6-10(11)12-3/h4-8,12H,1-3H3. The Morgan fingerprint density at radius 2 is 2.07 bits per heavy atom. The fraction of sp³-hybridized carbons (Fsp3) is 0.273. The van der Waals surface area contributed by atoms with E-state index < -0.39 is 0 Å². The molecular weight excluding hydrogens is 194 g/mol. The molecule has 76 valence electrons. The van der Waals surface area contributed by atoms with Crippen molar-refractivity contribution in [2.45, 2.75) is 18.7 Å². The first-order valence-electron chi connectivity index (χ1n) is 4.47. The fourth-order valence-corrected chi connectivity index (χ4v) is 1.66.